The van der Waals surface area contributed by atoms with Gasteiger partial charge in [-0.2, -0.15) is 0 Å². The van der Waals surface area contributed by atoms with Crippen molar-refractivity contribution >= 4 is 5.96 Å². The van der Waals surface area contributed by atoms with Gasteiger partial charge in [-0.15, -0.1) is 0 Å². The normalized spacial score (nSPS) is 18.6. The third-order valence-electron chi connectivity index (χ3n) is 4.46. The topological polar surface area (TPSA) is 48.9 Å². The fourth-order valence-corrected chi connectivity index (χ4v) is 3.16. The first-order chi connectivity index (χ1) is 12.2. The predicted octanol–water partition coefficient (Wildman–Crippen LogP) is 2.65. The largest absolute Gasteiger partial charge is 0.489 e. The summed E-state index contributed by atoms with van der Waals surface area (Å²) in [4.78, 5) is 6.85. The zero-order valence-corrected chi connectivity index (χ0v) is 15.6. The Kier molecular flexibility index (Phi) is 8.32. The molecule has 1 fully saturated rings. The summed E-state index contributed by atoms with van der Waals surface area (Å²) < 4.78 is 5.70. The van der Waals surface area contributed by atoms with Crippen molar-refractivity contribution in [2.75, 3.05) is 39.8 Å². The van der Waals surface area contributed by atoms with Gasteiger partial charge in [-0.3, -0.25) is 4.99 Å². The number of hydrogen-bond donors (Lipinski definition) is 2. The van der Waals surface area contributed by atoms with Gasteiger partial charge in [-0.05, 0) is 31.4 Å². The molecule has 1 saturated heterocycles. The lowest BCUT2D eigenvalue weighted by molar-refractivity contribution is 0.187. The van der Waals surface area contributed by atoms with E-state index in [0.29, 0.717) is 13.2 Å². The maximum Gasteiger partial charge on any atom is 0.191 e. The van der Waals surface area contributed by atoms with E-state index >= 15 is 0 Å². The molecule has 0 bridgehead atoms. The van der Waals surface area contributed by atoms with E-state index in [1.54, 1.807) is 13.1 Å². The molecule has 1 aliphatic rings. The summed E-state index contributed by atoms with van der Waals surface area (Å²) in [5.41, 5.74) is 1.11. The van der Waals surface area contributed by atoms with E-state index in [1.165, 1.54) is 25.9 Å². The number of piperidine rings is 1. The maximum absolute atomic E-state index is 5.70. The predicted molar refractivity (Wildman–Crippen MR) is 105 cm³/mol. The molecule has 2 N–H and O–H groups in total. The van der Waals surface area contributed by atoms with E-state index in [9.17, 15) is 0 Å². The van der Waals surface area contributed by atoms with Crippen molar-refractivity contribution in [3.8, 4) is 5.75 Å². The molecule has 0 aliphatic carbocycles. The molecule has 1 unspecified atom stereocenters. The minimum absolute atomic E-state index is 0.512. The Labute approximate surface area is 152 Å². The van der Waals surface area contributed by atoms with Gasteiger partial charge in [0.1, 0.15) is 12.4 Å². The Hall–Kier alpha value is -2.01. The lowest BCUT2D eigenvalue weighted by atomic mass is 10.0. The fraction of sp³-hybridized carbons (Fsp3) is 0.550. The average molecular weight is 345 g/mol. The van der Waals surface area contributed by atoms with Gasteiger partial charge in [0.2, 0.25) is 0 Å². The summed E-state index contributed by atoms with van der Waals surface area (Å²) in [6, 6.07) is 8.04. The van der Waals surface area contributed by atoms with Gasteiger partial charge < -0.3 is 20.3 Å². The van der Waals surface area contributed by atoms with Gasteiger partial charge >= 0.3 is 0 Å². The number of rotatable bonds is 8. The van der Waals surface area contributed by atoms with Crippen LogP contribution in [0.25, 0.3) is 0 Å². The van der Waals surface area contributed by atoms with Crippen LogP contribution in [0.4, 0.5) is 0 Å². The number of hydrogen-bond acceptors (Lipinski definition) is 3. The van der Waals surface area contributed by atoms with Crippen LogP contribution >= 0.6 is 0 Å². The van der Waals surface area contributed by atoms with Crippen molar-refractivity contribution in [2.24, 2.45) is 10.9 Å². The van der Waals surface area contributed by atoms with Gasteiger partial charge in [0, 0.05) is 38.8 Å². The smallest absolute Gasteiger partial charge is 0.191 e. The highest BCUT2D eigenvalue weighted by atomic mass is 16.5. The van der Waals surface area contributed by atoms with E-state index in [0.717, 1.165) is 36.3 Å². The monoisotopic (exact) mass is 344 g/mol. The Morgan fingerprint density at radius 3 is 3.00 bits per heavy atom. The molecular formula is C20H32N4O. The number of nitrogens with one attached hydrogen (secondary N) is 2. The Morgan fingerprint density at radius 1 is 1.40 bits per heavy atom. The Morgan fingerprint density at radius 2 is 2.24 bits per heavy atom. The fourth-order valence-electron chi connectivity index (χ4n) is 3.16. The second-order valence-corrected chi connectivity index (χ2v) is 6.61. The van der Waals surface area contributed by atoms with Crippen molar-refractivity contribution in [1.29, 1.82) is 0 Å². The zero-order valence-electron chi connectivity index (χ0n) is 15.6. The molecule has 1 aliphatic heterocycles. The van der Waals surface area contributed by atoms with E-state index in [1.807, 2.05) is 18.2 Å². The van der Waals surface area contributed by atoms with Crippen LogP contribution in [-0.4, -0.2) is 50.7 Å². The molecule has 1 heterocycles. The summed E-state index contributed by atoms with van der Waals surface area (Å²) >= 11 is 0. The molecule has 5 nitrogen and oxygen atoms in total. The summed E-state index contributed by atoms with van der Waals surface area (Å²) in [6.45, 7) is 11.6. The number of nitrogens with zero attached hydrogens (tertiary/aromatic N) is 2. The standard InChI is InChI=1S/C20H32N4O/c1-4-14-25-19-10-6-5-9-18(19)15-23-20(21-3)22-11-13-24-12-7-8-17(2)16-24/h4-6,9-10,17H,1,7-8,11-16H2,2-3H3,(H2,21,22,23). The zero-order chi connectivity index (χ0) is 17.9. The van der Waals surface area contributed by atoms with Crippen molar-refractivity contribution in [1.82, 2.24) is 15.5 Å². The highest BCUT2D eigenvalue weighted by molar-refractivity contribution is 5.79. The molecule has 0 aromatic heterocycles. The summed E-state index contributed by atoms with van der Waals surface area (Å²) in [6.07, 6.45) is 4.43. The second-order valence-electron chi connectivity index (χ2n) is 6.61. The number of guanidine groups is 1. The molecule has 0 radical (unpaired) electrons. The summed E-state index contributed by atoms with van der Waals surface area (Å²) in [5, 5.41) is 6.77. The first-order valence-electron chi connectivity index (χ1n) is 9.21. The van der Waals surface area contributed by atoms with Crippen LogP contribution in [0.5, 0.6) is 5.75 Å². The third kappa shape index (κ3) is 6.78. The van der Waals surface area contributed by atoms with Gasteiger partial charge in [-0.1, -0.05) is 37.8 Å². The molecule has 25 heavy (non-hydrogen) atoms. The molecule has 0 spiro atoms. The molecule has 138 valence electrons. The SMILES string of the molecule is C=CCOc1ccccc1CNC(=NC)NCCN1CCCC(C)C1. The van der Waals surface area contributed by atoms with E-state index in [4.69, 9.17) is 4.74 Å². The van der Waals surface area contributed by atoms with Gasteiger partial charge in [0.05, 0.1) is 0 Å². The number of likely N-dealkylation sites (tertiary alicyclic amines) is 1. The first-order valence-corrected chi connectivity index (χ1v) is 9.21. The minimum Gasteiger partial charge on any atom is -0.489 e. The van der Waals surface area contributed by atoms with Crippen LogP contribution in [0.1, 0.15) is 25.3 Å². The molecule has 5 heteroatoms. The summed E-state index contributed by atoms with van der Waals surface area (Å²) in [7, 11) is 1.80. The second kappa shape index (κ2) is 10.8. The minimum atomic E-state index is 0.512. The lowest BCUT2D eigenvalue weighted by Crippen LogP contribution is -2.43. The van der Waals surface area contributed by atoms with Crippen LogP contribution < -0.4 is 15.4 Å². The molecule has 2 rings (SSSR count). The highest BCUT2D eigenvalue weighted by Crippen LogP contribution is 2.17. The van der Waals surface area contributed by atoms with E-state index in [2.05, 4.69) is 40.1 Å². The summed E-state index contributed by atoms with van der Waals surface area (Å²) in [5.74, 6) is 2.52. The first kappa shape index (κ1) is 19.3. The third-order valence-corrected chi connectivity index (χ3v) is 4.46. The molecule has 0 saturated carbocycles. The van der Waals surface area contributed by atoms with Gasteiger partial charge in [0.15, 0.2) is 5.96 Å². The molecule has 1 aromatic rings. The average Bonchev–Trinajstić information content (AvgIpc) is 2.63. The van der Waals surface area contributed by atoms with Gasteiger partial charge in [-0.25, -0.2) is 0 Å². The van der Waals surface area contributed by atoms with E-state index < -0.39 is 0 Å². The number of benzene rings is 1. The Balaban J connectivity index is 1.76. The van der Waals surface area contributed by atoms with Crippen LogP contribution in [0.2, 0.25) is 0 Å². The van der Waals surface area contributed by atoms with E-state index in [-0.39, 0.29) is 0 Å². The highest BCUT2D eigenvalue weighted by Gasteiger charge is 2.15. The van der Waals surface area contributed by atoms with Crippen molar-refractivity contribution < 1.29 is 4.74 Å². The van der Waals surface area contributed by atoms with Crippen molar-refractivity contribution in [3.63, 3.8) is 0 Å². The molecule has 1 atom stereocenters. The van der Waals surface area contributed by atoms with Crippen LogP contribution in [0, 0.1) is 5.92 Å². The van der Waals surface area contributed by atoms with Gasteiger partial charge in [0.25, 0.3) is 0 Å². The van der Waals surface area contributed by atoms with Crippen molar-refractivity contribution in [3.05, 3.63) is 42.5 Å². The van der Waals surface area contributed by atoms with Crippen LogP contribution in [0.15, 0.2) is 41.9 Å². The van der Waals surface area contributed by atoms with Crippen LogP contribution in [-0.2, 0) is 6.54 Å². The molecular weight excluding hydrogens is 312 g/mol. The number of para-hydroxylation sites is 1. The van der Waals surface area contributed by atoms with Crippen LogP contribution in [0.3, 0.4) is 0 Å². The van der Waals surface area contributed by atoms with Crippen molar-refractivity contribution in [2.45, 2.75) is 26.3 Å². The number of ether oxygens (including phenoxy) is 1. The number of aliphatic imine (C=N–C) groups is 1. The molecule has 0 amide bonds. The lowest BCUT2D eigenvalue weighted by Gasteiger charge is -2.30. The quantitative estimate of drug-likeness (QED) is 0.432. The maximum atomic E-state index is 5.70. The molecule has 1 aromatic carbocycles. The Bertz CT molecular complexity index is 558.